The summed E-state index contributed by atoms with van der Waals surface area (Å²) in [5.41, 5.74) is 1.85. The van der Waals surface area contributed by atoms with Gasteiger partial charge in [0.2, 0.25) is 5.91 Å². The van der Waals surface area contributed by atoms with Gasteiger partial charge in [-0.1, -0.05) is 32.9 Å². The number of carbonyl (C=O) groups excluding carboxylic acids is 2. The molecule has 0 saturated heterocycles. The van der Waals surface area contributed by atoms with E-state index in [1.807, 2.05) is 29.6 Å². The third kappa shape index (κ3) is 6.31. The van der Waals surface area contributed by atoms with Crippen LogP contribution in [0.5, 0.6) is 0 Å². The molecule has 6 heteroatoms. The number of rotatable bonds is 7. The van der Waals surface area contributed by atoms with Gasteiger partial charge in [-0.15, -0.1) is 11.3 Å². The highest BCUT2D eigenvalue weighted by Crippen LogP contribution is 2.22. The van der Waals surface area contributed by atoms with Crippen LogP contribution >= 0.6 is 11.3 Å². The van der Waals surface area contributed by atoms with Crippen LogP contribution in [0.1, 0.15) is 48.1 Å². The Morgan fingerprint density at radius 2 is 1.80 bits per heavy atom. The molecule has 1 aromatic carbocycles. The number of benzene rings is 1. The predicted octanol–water partition coefficient (Wildman–Crippen LogP) is 2.92. The smallest absolute Gasteiger partial charge is 0.251 e. The second-order valence-corrected chi connectivity index (χ2v) is 7.84. The van der Waals surface area contributed by atoms with E-state index in [1.165, 1.54) is 5.56 Å². The average Bonchev–Trinajstić information content (AvgIpc) is 3.07. The third-order valence-corrected chi connectivity index (χ3v) is 4.63. The van der Waals surface area contributed by atoms with Gasteiger partial charge in [-0.05, 0) is 23.1 Å². The minimum Gasteiger partial charge on any atom is -0.356 e. The summed E-state index contributed by atoms with van der Waals surface area (Å²) in [6.07, 6.45) is 2.75. The summed E-state index contributed by atoms with van der Waals surface area (Å²) in [5.74, 6) is -0.226. The Morgan fingerprint density at radius 3 is 2.40 bits per heavy atom. The lowest BCUT2D eigenvalue weighted by Gasteiger charge is -2.19. The minimum absolute atomic E-state index is 0.0612. The summed E-state index contributed by atoms with van der Waals surface area (Å²) >= 11 is 1.58. The normalized spacial score (nSPS) is 11.2. The molecule has 25 heavy (non-hydrogen) atoms. The summed E-state index contributed by atoms with van der Waals surface area (Å²) in [4.78, 5) is 28.0. The van der Waals surface area contributed by atoms with Crippen LogP contribution in [0, 0.1) is 0 Å². The van der Waals surface area contributed by atoms with Gasteiger partial charge in [-0.3, -0.25) is 9.59 Å². The molecule has 0 unspecified atom stereocenters. The van der Waals surface area contributed by atoms with E-state index in [-0.39, 0.29) is 23.7 Å². The number of amides is 2. The lowest BCUT2D eigenvalue weighted by atomic mass is 9.87. The number of carbonyl (C=O) groups is 2. The van der Waals surface area contributed by atoms with Crippen LogP contribution in [0.15, 0.2) is 35.8 Å². The zero-order chi connectivity index (χ0) is 18.3. The average molecular weight is 359 g/mol. The summed E-state index contributed by atoms with van der Waals surface area (Å²) in [6.45, 7) is 7.29. The lowest BCUT2D eigenvalue weighted by molar-refractivity contribution is -0.120. The van der Waals surface area contributed by atoms with E-state index in [1.54, 1.807) is 17.5 Å². The molecule has 0 atom stereocenters. The maximum atomic E-state index is 12.1. The van der Waals surface area contributed by atoms with Crippen LogP contribution < -0.4 is 10.6 Å². The van der Waals surface area contributed by atoms with E-state index >= 15 is 0 Å². The van der Waals surface area contributed by atoms with Gasteiger partial charge in [-0.2, -0.15) is 0 Å². The van der Waals surface area contributed by atoms with Gasteiger partial charge in [0.1, 0.15) is 0 Å². The zero-order valence-electron chi connectivity index (χ0n) is 15.0. The first kappa shape index (κ1) is 19.1. The molecule has 5 nitrogen and oxygen atoms in total. The Labute approximate surface area is 152 Å². The van der Waals surface area contributed by atoms with Crippen molar-refractivity contribution in [2.45, 2.75) is 39.0 Å². The largest absolute Gasteiger partial charge is 0.356 e. The first-order chi connectivity index (χ1) is 11.9. The Hall–Kier alpha value is -2.21. The quantitative estimate of drug-likeness (QED) is 0.798. The number of nitrogens with one attached hydrogen (secondary N) is 2. The number of nitrogens with zero attached hydrogens (tertiary/aromatic N) is 1. The molecule has 2 aromatic rings. The monoisotopic (exact) mass is 359 g/mol. The molecule has 0 aliphatic carbocycles. The van der Waals surface area contributed by atoms with Crippen LogP contribution in [-0.2, 0) is 16.6 Å². The molecule has 0 saturated carbocycles. The molecule has 1 heterocycles. The number of thiazole rings is 1. The number of hydrogen-bond donors (Lipinski definition) is 2. The van der Waals surface area contributed by atoms with E-state index in [0.29, 0.717) is 18.7 Å². The first-order valence-corrected chi connectivity index (χ1v) is 9.28. The fraction of sp³-hybridized carbons (Fsp3) is 0.421. The first-order valence-electron chi connectivity index (χ1n) is 8.40. The van der Waals surface area contributed by atoms with Gasteiger partial charge in [0.25, 0.3) is 5.91 Å². The zero-order valence-corrected chi connectivity index (χ0v) is 15.8. The van der Waals surface area contributed by atoms with E-state index < -0.39 is 0 Å². The van der Waals surface area contributed by atoms with Crippen LogP contribution in [0.25, 0.3) is 0 Å². The molecule has 134 valence electrons. The standard InChI is InChI=1S/C19H25N3O2S/c1-19(2,3)15-6-4-14(5-7-15)18(24)22-10-8-16(23)20-11-9-17-21-12-13-25-17/h4-7,12-13H,8-11H2,1-3H3,(H,20,23)(H,22,24). The van der Waals surface area contributed by atoms with Gasteiger partial charge in [0, 0.05) is 43.1 Å². The molecule has 0 bridgehead atoms. The van der Waals surface area contributed by atoms with Gasteiger partial charge < -0.3 is 10.6 Å². The molecule has 2 rings (SSSR count). The van der Waals surface area contributed by atoms with Crippen molar-refractivity contribution in [1.82, 2.24) is 15.6 Å². The Kier molecular flexibility index (Phi) is 6.70. The number of aromatic nitrogens is 1. The van der Waals surface area contributed by atoms with E-state index in [9.17, 15) is 9.59 Å². The fourth-order valence-corrected chi connectivity index (χ4v) is 2.91. The molecule has 1 aromatic heterocycles. The highest BCUT2D eigenvalue weighted by atomic mass is 32.1. The molecule has 0 radical (unpaired) electrons. The summed E-state index contributed by atoms with van der Waals surface area (Å²) < 4.78 is 0. The van der Waals surface area contributed by atoms with Crippen LogP contribution in [0.2, 0.25) is 0 Å². The Balaban J connectivity index is 1.68. The van der Waals surface area contributed by atoms with Gasteiger partial charge >= 0.3 is 0 Å². The van der Waals surface area contributed by atoms with Gasteiger partial charge in [0.15, 0.2) is 0 Å². The second-order valence-electron chi connectivity index (χ2n) is 6.86. The maximum absolute atomic E-state index is 12.1. The summed E-state index contributed by atoms with van der Waals surface area (Å²) in [5, 5.41) is 8.54. The van der Waals surface area contributed by atoms with E-state index in [0.717, 1.165) is 11.4 Å². The van der Waals surface area contributed by atoms with Crippen molar-refractivity contribution >= 4 is 23.2 Å². The third-order valence-electron chi connectivity index (χ3n) is 3.80. The van der Waals surface area contributed by atoms with Crippen molar-refractivity contribution in [3.63, 3.8) is 0 Å². The van der Waals surface area contributed by atoms with Crippen LogP contribution in [0.4, 0.5) is 0 Å². The molecular formula is C19H25N3O2S. The van der Waals surface area contributed by atoms with E-state index in [2.05, 4.69) is 36.4 Å². The predicted molar refractivity (Wildman–Crippen MR) is 101 cm³/mol. The van der Waals surface area contributed by atoms with Crippen molar-refractivity contribution in [2.75, 3.05) is 13.1 Å². The van der Waals surface area contributed by atoms with Gasteiger partial charge in [0.05, 0.1) is 5.01 Å². The van der Waals surface area contributed by atoms with Crippen molar-refractivity contribution in [3.05, 3.63) is 52.0 Å². The molecule has 2 amide bonds. The highest BCUT2D eigenvalue weighted by molar-refractivity contribution is 7.09. The van der Waals surface area contributed by atoms with Crippen molar-refractivity contribution in [2.24, 2.45) is 0 Å². The Morgan fingerprint density at radius 1 is 1.08 bits per heavy atom. The highest BCUT2D eigenvalue weighted by Gasteiger charge is 2.14. The maximum Gasteiger partial charge on any atom is 0.251 e. The SMILES string of the molecule is CC(C)(C)c1ccc(C(=O)NCCC(=O)NCCc2nccs2)cc1. The lowest BCUT2D eigenvalue weighted by Crippen LogP contribution is -2.31. The minimum atomic E-state index is -0.156. The molecule has 2 N–H and O–H groups in total. The fourth-order valence-electron chi connectivity index (χ4n) is 2.29. The summed E-state index contributed by atoms with van der Waals surface area (Å²) in [7, 11) is 0. The van der Waals surface area contributed by atoms with E-state index in [4.69, 9.17) is 0 Å². The van der Waals surface area contributed by atoms with Crippen LogP contribution in [0.3, 0.4) is 0 Å². The topological polar surface area (TPSA) is 71.1 Å². The molecular weight excluding hydrogens is 334 g/mol. The second kappa shape index (κ2) is 8.76. The van der Waals surface area contributed by atoms with Gasteiger partial charge in [-0.25, -0.2) is 4.98 Å². The molecule has 0 spiro atoms. The van der Waals surface area contributed by atoms with Crippen LogP contribution in [-0.4, -0.2) is 29.9 Å². The summed E-state index contributed by atoms with van der Waals surface area (Å²) in [6, 6.07) is 7.59. The molecule has 0 fully saturated rings. The van der Waals surface area contributed by atoms with Crippen molar-refractivity contribution in [3.8, 4) is 0 Å². The van der Waals surface area contributed by atoms with Crippen molar-refractivity contribution < 1.29 is 9.59 Å². The Bertz CT molecular complexity index is 688. The van der Waals surface area contributed by atoms with Crippen molar-refractivity contribution in [1.29, 1.82) is 0 Å². The number of hydrogen-bond acceptors (Lipinski definition) is 4. The molecule has 0 aliphatic rings. The molecule has 0 aliphatic heterocycles.